The maximum absolute atomic E-state index is 14.1. The van der Waals surface area contributed by atoms with Gasteiger partial charge in [-0.05, 0) is 44.2 Å². The summed E-state index contributed by atoms with van der Waals surface area (Å²) in [6, 6.07) is 14.3. The Labute approximate surface area is 160 Å². The molecule has 0 fully saturated rings. The lowest BCUT2D eigenvalue weighted by Gasteiger charge is -2.18. The lowest BCUT2D eigenvalue weighted by Crippen LogP contribution is -2.27. The van der Waals surface area contributed by atoms with Crippen LogP contribution in [0.5, 0.6) is 0 Å². The van der Waals surface area contributed by atoms with Crippen molar-refractivity contribution in [2.75, 3.05) is 7.05 Å². The van der Waals surface area contributed by atoms with E-state index >= 15 is 0 Å². The molecule has 1 heterocycles. The number of amides is 1. The van der Waals surface area contributed by atoms with Crippen molar-refractivity contribution in [2.45, 2.75) is 20.4 Å². The number of para-hydroxylation sites is 1. The highest BCUT2D eigenvalue weighted by Gasteiger charge is 2.20. The van der Waals surface area contributed by atoms with Gasteiger partial charge in [-0.3, -0.25) is 4.79 Å². The monoisotopic (exact) mass is 415 g/mol. The normalized spacial score (nSPS) is 10.8. The molecule has 1 aromatic heterocycles. The van der Waals surface area contributed by atoms with Crippen LogP contribution in [-0.4, -0.2) is 27.6 Å². The van der Waals surface area contributed by atoms with Gasteiger partial charge < -0.3 is 4.90 Å². The molecule has 0 bridgehead atoms. The highest BCUT2D eigenvalue weighted by Crippen LogP contribution is 2.21. The quantitative estimate of drug-likeness (QED) is 0.621. The minimum atomic E-state index is -0.537. The van der Waals surface area contributed by atoms with Crippen molar-refractivity contribution in [3.63, 3.8) is 0 Å². The van der Waals surface area contributed by atoms with Crippen LogP contribution in [0.3, 0.4) is 0 Å². The summed E-state index contributed by atoms with van der Waals surface area (Å²) in [5.74, 6) is -0.897. The molecule has 0 saturated carbocycles. The number of halogens is 2. The van der Waals surface area contributed by atoms with Crippen molar-refractivity contribution in [1.82, 2.24) is 14.7 Å². The first-order chi connectivity index (χ1) is 12.4. The zero-order valence-corrected chi connectivity index (χ0v) is 16.4. The van der Waals surface area contributed by atoms with Gasteiger partial charge in [0.1, 0.15) is 5.82 Å². The Morgan fingerprint density at radius 3 is 2.54 bits per heavy atom. The number of hydrogen-bond donors (Lipinski definition) is 0. The van der Waals surface area contributed by atoms with Crippen LogP contribution in [0.2, 0.25) is 0 Å². The Morgan fingerprint density at radius 2 is 1.88 bits per heavy atom. The van der Waals surface area contributed by atoms with E-state index in [-0.39, 0.29) is 11.5 Å². The molecule has 3 aromatic rings. The molecule has 1 amide bonds. The van der Waals surface area contributed by atoms with E-state index in [9.17, 15) is 9.18 Å². The van der Waals surface area contributed by atoms with Crippen molar-refractivity contribution >= 4 is 21.8 Å². The van der Waals surface area contributed by atoms with Crippen LogP contribution < -0.4 is 0 Å². The van der Waals surface area contributed by atoms with Crippen molar-refractivity contribution in [3.05, 3.63) is 81.3 Å². The Morgan fingerprint density at radius 1 is 1.19 bits per heavy atom. The summed E-state index contributed by atoms with van der Waals surface area (Å²) in [5, 5.41) is 4.59. The molecule has 0 radical (unpaired) electrons. The molecule has 0 aliphatic heterocycles. The predicted molar refractivity (Wildman–Crippen MR) is 103 cm³/mol. The van der Waals surface area contributed by atoms with E-state index in [1.807, 2.05) is 48.9 Å². The molecule has 2 aromatic carbocycles. The van der Waals surface area contributed by atoms with Crippen LogP contribution in [0, 0.1) is 19.7 Å². The van der Waals surface area contributed by atoms with Crippen LogP contribution in [0.15, 0.2) is 53.0 Å². The minimum absolute atomic E-state index is 0.0569. The maximum Gasteiger partial charge on any atom is 0.256 e. The molecule has 26 heavy (non-hydrogen) atoms. The van der Waals surface area contributed by atoms with Gasteiger partial charge in [-0.1, -0.05) is 34.1 Å². The molecule has 0 aliphatic rings. The molecule has 0 unspecified atom stereocenters. The molecule has 0 atom stereocenters. The Balaban J connectivity index is 1.87. The molecule has 0 spiro atoms. The van der Waals surface area contributed by atoms with Crippen LogP contribution in [0.25, 0.3) is 5.69 Å². The molecule has 0 saturated heterocycles. The van der Waals surface area contributed by atoms with Gasteiger partial charge in [0.15, 0.2) is 0 Å². The molecule has 6 heteroatoms. The summed E-state index contributed by atoms with van der Waals surface area (Å²) in [5.41, 5.74) is 3.79. The highest BCUT2D eigenvalue weighted by molar-refractivity contribution is 9.10. The first-order valence-electron chi connectivity index (χ1n) is 8.19. The second-order valence-electron chi connectivity index (χ2n) is 6.18. The summed E-state index contributed by atoms with van der Waals surface area (Å²) in [6.45, 7) is 4.25. The smallest absolute Gasteiger partial charge is 0.256 e. The van der Waals surface area contributed by atoms with E-state index in [0.717, 1.165) is 22.6 Å². The average molecular weight is 416 g/mol. The fourth-order valence-electron chi connectivity index (χ4n) is 2.90. The average Bonchev–Trinajstić information content (AvgIpc) is 2.90. The Bertz CT molecular complexity index is 953. The van der Waals surface area contributed by atoms with Gasteiger partial charge in [0.25, 0.3) is 5.91 Å². The lowest BCUT2D eigenvalue weighted by molar-refractivity contribution is 0.0780. The maximum atomic E-state index is 14.1. The number of aryl methyl sites for hydroxylation is 1. The minimum Gasteiger partial charge on any atom is -0.337 e. The largest absolute Gasteiger partial charge is 0.337 e. The molecule has 134 valence electrons. The number of aromatic nitrogens is 2. The summed E-state index contributed by atoms with van der Waals surface area (Å²) in [4.78, 5) is 14.1. The summed E-state index contributed by atoms with van der Waals surface area (Å²) in [6.07, 6.45) is 0. The third kappa shape index (κ3) is 3.55. The molecule has 0 aliphatic carbocycles. The van der Waals surface area contributed by atoms with Gasteiger partial charge in [0.05, 0.1) is 16.9 Å². The van der Waals surface area contributed by atoms with Gasteiger partial charge >= 0.3 is 0 Å². The van der Waals surface area contributed by atoms with Crippen LogP contribution in [0.1, 0.15) is 27.3 Å². The highest BCUT2D eigenvalue weighted by atomic mass is 79.9. The van der Waals surface area contributed by atoms with Crippen molar-refractivity contribution in [2.24, 2.45) is 0 Å². The fourth-order valence-corrected chi connectivity index (χ4v) is 3.24. The van der Waals surface area contributed by atoms with Crippen LogP contribution >= 0.6 is 15.9 Å². The number of carbonyl (C=O) groups is 1. The summed E-state index contributed by atoms with van der Waals surface area (Å²) in [7, 11) is 1.67. The number of carbonyl (C=O) groups excluding carboxylic acids is 1. The molecular formula is C20H19BrFN3O. The van der Waals surface area contributed by atoms with Crippen molar-refractivity contribution in [1.29, 1.82) is 0 Å². The molecule has 3 rings (SSSR count). The number of rotatable bonds is 4. The Hall–Kier alpha value is -2.47. The summed E-state index contributed by atoms with van der Waals surface area (Å²) >= 11 is 3.20. The molecular weight excluding hydrogens is 397 g/mol. The van der Waals surface area contributed by atoms with E-state index in [1.54, 1.807) is 13.1 Å². The first-order valence-corrected chi connectivity index (χ1v) is 8.99. The van der Waals surface area contributed by atoms with Gasteiger partial charge in [-0.25, -0.2) is 9.07 Å². The van der Waals surface area contributed by atoms with Crippen LogP contribution in [-0.2, 0) is 6.54 Å². The van der Waals surface area contributed by atoms with Gasteiger partial charge in [0, 0.05) is 29.3 Å². The van der Waals surface area contributed by atoms with Gasteiger partial charge in [0.2, 0.25) is 0 Å². The zero-order valence-electron chi connectivity index (χ0n) is 14.8. The third-order valence-electron chi connectivity index (χ3n) is 4.35. The van der Waals surface area contributed by atoms with Crippen molar-refractivity contribution in [3.8, 4) is 5.69 Å². The second kappa shape index (κ2) is 7.41. The predicted octanol–water partition coefficient (Wildman–Crippen LogP) is 4.66. The Kier molecular flexibility index (Phi) is 5.23. The SMILES string of the molecule is Cc1nn(-c2ccccc2)c(C)c1CN(C)C(=O)c1ccc(Br)cc1F. The molecule has 4 nitrogen and oxygen atoms in total. The van der Waals surface area contributed by atoms with E-state index in [0.29, 0.717) is 11.0 Å². The fraction of sp³-hybridized carbons (Fsp3) is 0.200. The summed E-state index contributed by atoms with van der Waals surface area (Å²) < 4.78 is 16.6. The topological polar surface area (TPSA) is 38.1 Å². The standard InChI is InChI=1S/C20H19BrFN3O/c1-13-18(14(2)25(23-13)16-7-5-4-6-8-16)12-24(3)20(26)17-10-9-15(21)11-19(17)22/h4-11H,12H2,1-3H3. The van der Waals surface area contributed by atoms with E-state index in [1.165, 1.54) is 17.0 Å². The second-order valence-corrected chi connectivity index (χ2v) is 7.10. The van der Waals surface area contributed by atoms with Crippen LogP contribution in [0.4, 0.5) is 4.39 Å². The third-order valence-corrected chi connectivity index (χ3v) is 4.84. The zero-order chi connectivity index (χ0) is 18.8. The number of benzene rings is 2. The lowest BCUT2D eigenvalue weighted by atomic mass is 10.1. The molecule has 0 N–H and O–H groups in total. The van der Waals surface area contributed by atoms with Gasteiger partial charge in [-0.2, -0.15) is 5.10 Å². The number of nitrogens with zero attached hydrogens (tertiary/aromatic N) is 3. The van der Waals surface area contributed by atoms with E-state index in [2.05, 4.69) is 21.0 Å². The van der Waals surface area contributed by atoms with Gasteiger partial charge in [-0.15, -0.1) is 0 Å². The van der Waals surface area contributed by atoms with E-state index in [4.69, 9.17) is 0 Å². The number of hydrogen-bond acceptors (Lipinski definition) is 2. The van der Waals surface area contributed by atoms with E-state index < -0.39 is 5.82 Å². The first kappa shape index (κ1) is 18.3. The van der Waals surface area contributed by atoms with Crippen molar-refractivity contribution < 1.29 is 9.18 Å².